The van der Waals surface area contributed by atoms with Crippen molar-refractivity contribution < 1.29 is 8.42 Å². The van der Waals surface area contributed by atoms with Gasteiger partial charge in [-0.05, 0) is 32.9 Å². The molecule has 7 heteroatoms. The van der Waals surface area contributed by atoms with E-state index in [4.69, 9.17) is 0 Å². The molecule has 0 unspecified atom stereocenters. The SMILES string of the molecule is CN1CCN(Cc2ccsc2Br)S1(=O)=O. The number of thiophene rings is 1. The standard InChI is InChI=1S/C8H11BrN2O2S2/c1-10-3-4-11(15(10,12)13)6-7-2-5-14-8(7)9/h2,5H,3-4,6H2,1H3. The van der Waals surface area contributed by atoms with E-state index in [-0.39, 0.29) is 0 Å². The van der Waals surface area contributed by atoms with Crippen LogP contribution >= 0.6 is 27.3 Å². The summed E-state index contributed by atoms with van der Waals surface area (Å²) < 4.78 is 27.4. The molecule has 0 spiro atoms. The fourth-order valence-corrected chi connectivity index (χ4v) is 4.00. The molecule has 0 aliphatic carbocycles. The molecule has 0 aromatic carbocycles. The third kappa shape index (κ3) is 2.12. The molecular formula is C8H11BrN2O2S2. The van der Waals surface area contributed by atoms with Crippen LogP contribution in [0.2, 0.25) is 0 Å². The Morgan fingerprint density at radius 3 is 2.73 bits per heavy atom. The monoisotopic (exact) mass is 310 g/mol. The van der Waals surface area contributed by atoms with Crippen molar-refractivity contribution in [1.29, 1.82) is 0 Å². The number of rotatable bonds is 2. The van der Waals surface area contributed by atoms with Gasteiger partial charge in [-0.25, -0.2) is 0 Å². The van der Waals surface area contributed by atoms with Crippen LogP contribution in [0.4, 0.5) is 0 Å². The lowest BCUT2D eigenvalue weighted by Gasteiger charge is -2.15. The molecule has 2 rings (SSSR count). The number of likely N-dealkylation sites (N-methyl/N-ethyl adjacent to an activating group) is 1. The molecule has 0 radical (unpaired) electrons. The Morgan fingerprint density at radius 1 is 1.53 bits per heavy atom. The molecule has 84 valence electrons. The molecular weight excluding hydrogens is 300 g/mol. The molecule has 15 heavy (non-hydrogen) atoms. The Hall–Kier alpha value is 0.0500. The zero-order valence-corrected chi connectivity index (χ0v) is 11.4. The summed E-state index contributed by atoms with van der Waals surface area (Å²) in [4.78, 5) is 0. The van der Waals surface area contributed by atoms with Crippen LogP contribution in [0.15, 0.2) is 15.2 Å². The second kappa shape index (κ2) is 4.14. The van der Waals surface area contributed by atoms with Crippen LogP contribution in [-0.4, -0.2) is 37.2 Å². The molecule has 2 heterocycles. The van der Waals surface area contributed by atoms with Crippen molar-refractivity contribution in [2.24, 2.45) is 0 Å². The zero-order valence-electron chi connectivity index (χ0n) is 8.18. The highest BCUT2D eigenvalue weighted by molar-refractivity contribution is 9.11. The van der Waals surface area contributed by atoms with Crippen molar-refractivity contribution in [1.82, 2.24) is 8.61 Å². The van der Waals surface area contributed by atoms with Gasteiger partial charge in [0.1, 0.15) is 0 Å². The first kappa shape index (κ1) is 11.5. The van der Waals surface area contributed by atoms with Crippen LogP contribution in [0, 0.1) is 0 Å². The van der Waals surface area contributed by atoms with E-state index in [1.54, 1.807) is 18.4 Å². The van der Waals surface area contributed by atoms with Gasteiger partial charge in [0.05, 0.1) is 3.79 Å². The fourth-order valence-electron chi connectivity index (χ4n) is 1.46. The second-order valence-electron chi connectivity index (χ2n) is 3.38. The van der Waals surface area contributed by atoms with Crippen LogP contribution in [0.1, 0.15) is 5.56 Å². The molecule has 0 amide bonds. The van der Waals surface area contributed by atoms with E-state index in [0.717, 1.165) is 9.35 Å². The zero-order chi connectivity index (χ0) is 11.1. The van der Waals surface area contributed by atoms with Crippen molar-refractivity contribution in [3.63, 3.8) is 0 Å². The topological polar surface area (TPSA) is 40.6 Å². The lowest BCUT2D eigenvalue weighted by molar-refractivity contribution is 0.445. The third-order valence-corrected chi connectivity index (χ3v) is 6.17. The summed E-state index contributed by atoms with van der Waals surface area (Å²) in [5, 5.41) is 1.95. The van der Waals surface area contributed by atoms with Crippen LogP contribution in [0.5, 0.6) is 0 Å². The average molecular weight is 311 g/mol. The predicted octanol–water partition coefficient (Wildman–Crippen LogP) is 1.50. The summed E-state index contributed by atoms with van der Waals surface area (Å²) >= 11 is 4.98. The minimum Gasteiger partial charge on any atom is -0.195 e. The Morgan fingerprint density at radius 2 is 2.27 bits per heavy atom. The van der Waals surface area contributed by atoms with Gasteiger partial charge >= 0.3 is 0 Å². The number of halogens is 1. The quantitative estimate of drug-likeness (QED) is 0.830. The summed E-state index contributed by atoms with van der Waals surface area (Å²) in [6, 6.07) is 1.95. The van der Waals surface area contributed by atoms with Gasteiger partial charge in [-0.15, -0.1) is 11.3 Å². The highest BCUT2D eigenvalue weighted by Gasteiger charge is 2.33. The number of hydrogen-bond donors (Lipinski definition) is 0. The van der Waals surface area contributed by atoms with Gasteiger partial charge in [0.2, 0.25) is 0 Å². The van der Waals surface area contributed by atoms with Gasteiger partial charge in [0, 0.05) is 26.7 Å². The lowest BCUT2D eigenvalue weighted by atomic mass is 10.3. The van der Waals surface area contributed by atoms with Crippen LogP contribution in [0.25, 0.3) is 0 Å². The summed E-state index contributed by atoms with van der Waals surface area (Å²) in [6.45, 7) is 1.60. The molecule has 4 nitrogen and oxygen atoms in total. The molecule has 1 aliphatic rings. The minimum absolute atomic E-state index is 0.455. The smallest absolute Gasteiger partial charge is 0.195 e. The molecule has 1 aromatic heterocycles. The lowest BCUT2D eigenvalue weighted by Crippen LogP contribution is -2.30. The van der Waals surface area contributed by atoms with Gasteiger partial charge < -0.3 is 0 Å². The highest BCUT2D eigenvalue weighted by atomic mass is 79.9. The molecule has 1 aliphatic heterocycles. The molecule has 0 atom stereocenters. The molecule has 1 fully saturated rings. The van der Waals surface area contributed by atoms with Crippen LogP contribution in [-0.2, 0) is 16.8 Å². The minimum atomic E-state index is -3.21. The number of hydrogen-bond acceptors (Lipinski definition) is 3. The third-order valence-electron chi connectivity index (χ3n) is 2.42. The van der Waals surface area contributed by atoms with E-state index in [2.05, 4.69) is 15.9 Å². The van der Waals surface area contributed by atoms with Crippen molar-refractivity contribution in [3.8, 4) is 0 Å². The van der Waals surface area contributed by atoms with Gasteiger partial charge in [0.25, 0.3) is 10.2 Å². The van der Waals surface area contributed by atoms with Crippen molar-refractivity contribution in [2.45, 2.75) is 6.54 Å². The van der Waals surface area contributed by atoms with Crippen molar-refractivity contribution >= 4 is 37.5 Å². The second-order valence-corrected chi connectivity index (χ2v) is 7.65. The van der Waals surface area contributed by atoms with Crippen LogP contribution < -0.4 is 0 Å². The van der Waals surface area contributed by atoms with E-state index in [9.17, 15) is 8.42 Å². The van der Waals surface area contributed by atoms with Crippen molar-refractivity contribution in [3.05, 3.63) is 20.8 Å². The fraction of sp³-hybridized carbons (Fsp3) is 0.500. The van der Waals surface area contributed by atoms with E-state index >= 15 is 0 Å². The highest BCUT2D eigenvalue weighted by Crippen LogP contribution is 2.27. The molecule has 0 N–H and O–H groups in total. The largest absolute Gasteiger partial charge is 0.282 e. The Bertz CT molecular complexity index is 457. The first-order chi connectivity index (χ1) is 7.01. The van der Waals surface area contributed by atoms with E-state index < -0.39 is 10.2 Å². The van der Waals surface area contributed by atoms with Gasteiger partial charge in [-0.3, -0.25) is 0 Å². The predicted molar refractivity (Wildman–Crippen MR) is 64.0 cm³/mol. The maximum absolute atomic E-state index is 11.8. The first-order valence-corrected chi connectivity index (χ1v) is 7.52. The maximum Gasteiger partial charge on any atom is 0.282 e. The summed E-state index contributed by atoms with van der Waals surface area (Å²) in [5.74, 6) is 0. The van der Waals surface area contributed by atoms with Gasteiger partial charge in [-0.2, -0.15) is 17.0 Å². The Labute approximate surface area is 102 Å². The normalized spacial score (nSPS) is 22.3. The Kier molecular flexibility index (Phi) is 3.18. The Balaban J connectivity index is 2.18. The van der Waals surface area contributed by atoms with Crippen LogP contribution in [0.3, 0.4) is 0 Å². The van der Waals surface area contributed by atoms with Crippen molar-refractivity contribution in [2.75, 3.05) is 20.1 Å². The molecule has 0 saturated carbocycles. The molecule has 0 bridgehead atoms. The van der Waals surface area contributed by atoms with E-state index in [0.29, 0.717) is 19.6 Å². The molecule has 1 saturated heterocycles. The summed E-state index contributed by atoms with van der Waals surface area (Å²) in [5.41, 5.74) is 1.03. The van der Waals surface area contributed by atoms with E-state index in [1.807, 2.05) is 11.4 Å². The average Bonchev–Trinajstić information content (AvgIpc) is 2.66. The summed E-state index contributed by atoms with van der Waals surface area (Å²) in [6.07, 6.45) is 0. The first-order valence-electron chi connectivity index (χ1n) is 4.45. The van der Waals surface area contributed by atoms with Gasteiger partial charge in [-0.1, -0.05) is 0 Å². The molecule has 1 aromatic rings. The van der Waals surface area contributed by atoms with E-state index in [1.165, 1.54) is 8.61 Å². The summed E-state index contributed by atoms with van der Waals surface area (Å²) in [7, 11) is -1.60. The van der Waals surface area contributed by atoms with Gasteiger partial charge in [0.15, 0.2) is 0 Å². The number of nitrogens with zero attached hydrogens (tertiary/aromatic N) is 2. The maximum atomic E-state index is 11.8.